The highest BCUT2D eigenvalue weighted by atomic mass is 16.1. The number of aromatic nitrogens is 1. The van der Waals surface area contributed by atoms with E-state index in [-0.39, 0.29) is 5.91 Å². The van der Waals surface area contributed by atoms with Gasteiger partial charge in [-0.05, 0) is 56.8 Å². The monoisotopic (exact) mass is 288 g/mol. The zero-order valence-electron chi connectivity index (χ0n) is 12.4. The van der Waals surface area contributed by atoms with Crippen molar-refractivity contribution in [1.82, 2.24) is 15.2 Å². The number of hydrogen-bond donors (Lipinski definition) is 2. The molecule has 2 fully saturated rings. The highest BCUT2D eigenvalue weighted by molar-refractivity contribution is 5.92. The summed E-state index contributed by atoms with van der Waals surface area (Å²) in [6, 6.07) is 5.82. The number of nitrogens with two attached hydrogens (primary N) is 1. The maximum absolute atomic E-state index is 12.2. The van der Waals surface area contributed by atoms with Gasteiger partial charge >= 0.3 is 0 Å². The van der Waals surface area contributed by atoms with Crippen molar-refractivity contribution in [3.05, 3.63) is 23.9 Å². The van der Waals surface area contributed by atoms with Crippen molar-refractivity contribution in [2.45, 2.75) is 38.1 Å². The molecule has 0 aromatic carbocycles. The standard InChI is InChI=1S/C16H24N4O/c17-15-8-3-6-13(19-15)16(21)18-11-12-5-4-10-20-9-2-1-7-14(12)20/h3,6,8,12,14H,1-2,4-5,7,9-11H2,(H2,17,19)(H,18,21)/t12-,14+/m0/s1. The van der Waals surface area contributed by atoms with Crippen LogP contribution in [0.4, 0.5) is 5.82 Å². The Balaban J connectivity index is 1.57. The number of nitrogen functional groups attached to an aromatic ring is 1. The first-order valence-electron chi connectivity index (χ1n) is 7.99. The summed E-state index contributed by atoms with van der Waals surface area (Å²) in [4.78, 5) is 18.8. The maximum Gasteiger partial charge on any atom is 0.269 e. The fourth-order valence-electron chi connectivity index (χ4n) is 3.71. The first-order chi connectivity index (χ1) is 10.2. The molecular weight excluding hydrogens is 264 g/mol. The average Bonchev–Trinajstić information content (AvgIpc) is 2.52. The van der Waals surface area contributed by atoms with Crippen LogP contribution in [0.25, 0.3) is 0 Å². The molecule has 114 valence electrons. The molecule has 3 N–H and O–H groups in total. The van der Waals surface area contributed by atoms with Gasteiger partial charge in [-0.15, -0.1) is 0 Å². The molecular formula is C16H24N4O. The predicted octanol–water partition coefficient (Wildman–Crippen LogP) is 1.66. The summed E-state index contributed by atoms with van der Waals surface area (Å²) < 4.78 is 0. The highest BCUT2D eigenvalue weighted by Gasteiger charge is 2.32. The van der Waals surface area contributed by atoms with Crippen molar-refractivity contribution in [2.24, 2.45) is 5.92 Å². The number of hydrogen-bond acceptors (Lipinski definition) is 4. The number of rotatable bonds is 3. The Morgan fingerprint density at radius 3 is 3.00 bits per heavy atom. The summed E-state index contributed by atoms with van der Waals surface area (Å²) in [6.45, 7) is 3.20. The van der Waals surface area contributed by atoms with Gasteiger partial charge in [-0.25, -0.2) is 4.98 Å². The molecule has 0 spiro atoms. The number of anilines is 1. The number of carbonyl (C=O) groups is 1. The third-order valence-corrected chi connectivity index (χ3v) is 4.76. The first-order valence-corrected chi connectivity index (χ1v) is 7.99. The Labute approximate surface area is 125 Å². The topological polar surface area (TPSA) is 71.2 Å². The van der Waals surface area contributed by atoms with Gasteiger partial charge in [0.25, 0.3) is 5.91 Å². The fourth-order valence-corrected chi connectivity index (χ4v) is 3.71. The molecule has 21 heavy (non-hydrogen) atoms. The van der Waals surface area contributed by atoms with Gasteiger partial charge in [0, 0.05) is 12.6 Å². The van der Waals surface area contributed by atoms with Gasteiger partial charge in [0.2, 0.25) is 0 Å². The lowest BCUT2D eigenvalue weighted by Gasteiger charge is -2.44. The molecule has 0 unspecified atom stereocenters. The van der Waals surface area contributed by atoms with Crippen molar-refractivity contribution in [3.63, 3.8) is 0 Å². The average molecular weight is 288 g/mol. The molecule has 2 atom stereocenters. The van der Waals surface area contributed by atoms with E-state index in [4.69, 9.17) is 5.73 Å². The van der Waals surface area contributed by atoms with Crippen LogP contribution in [-0.2, 0) is 0 Å². The van der Waals surface area contributed by atoms with Crippen molar-refractivity contribution in [3.8, 4) is 0 Å². The van der Waals surface area contributed by atoms with Crippen LogP contribution >= 0.6 is 0 Å². The van der Waals surface area contributed by atoms with Gasteiger partial charge in [-0.2, -0.15) is 0 Å². The van der Waals surface area contributed by atoms with E-state index >= 15 is 0 Å². The Morgan fingerprint density at radius 2 is 2.14 bits per heavy atom. The molecule has 1 aromatic heterocycles. The second-order valence-electron chi connectivity index (χ2n) is 6.16. The lowest BCUT2D eigenvalue weighted by Crippen LogP contribution is -2.51. The van der Waals surface area contributed by atoms with Crippen molar-refractivity contribution >= 4 is 11.7 Å². The minimum Gasteiger partial charge on any atom is -0.384 e. The van der Waals surface area contributed by atoms with E-state index in [2.05, 4.69) is 15.2 Å². The third-order valence-electron chi connectivity index (χ3n) is 4.76. The summed E-state index contributed by atoms with van der Waals surface area (Å²) in [5.41, 5.74) is 6.03. The molecule has 1 aromatic rings. The molecule has 1 amide bonds. The summed E-state index contributed by atoms with van der Waals surface area (Å²) in [7, 11) is 0. The molecule has 0 saturated carbocycles. The highest BCUT2D eigenvalue weighted by Crippen LogP contribution is 2.30. The van der Waals surface area contributed by atoms with E-state index in [0.717, 1.165) is 6.54 Å². The Hall–Kier alpha value is -1.62. The lowest BCUT2D eigenvalue weighted by molar-refractivity contribution is 0.0575. The summed E-state index contributed by atoms with van der Waals surface area (Å²) in [5.74, 6) is 0.845. The quantitative estimate of drug-likeness (QED) is 0.887. The van der Waals surface area contributed by atoms with Gasteiger partial charge in [-0.3, -0.25) is 4.79 Å². The number of pyridine rings is 1. The van der Waals surface area contributed by atoms with Crippen LogP contribution in [-0.4, -0.2) is 41.5 Å². The lowest BCUT2D eigenvalue weighted by atomic mass is 9.83. The van der Waals surface area contributed by atoms with E-state index < -0.39 is 0 Å². The van der Waals surface area contributed by atoms with E-state index in [1.54, 1.807) is 18.2 Å². The predicted molar refractivity (Wildman–Crippen MR) is 82.9 cm³/mol. The van der Waals surface area contributed by atoms with Gasteiger partial charge in [0.1, 0.15) is 11.5 Å². The summed E-state index contributed by atoms with van der Waals surface area (Å²) in [6.07, 6.45) is 6.38. The van der Waals surface area contributed by atoms with Crippen LogP contribution in [0.1, 0.15) is 42.6 Å². The first kappa shape index (κ1) is 14.3. The smallest absolute Gasteiger partial charge is 0.269 e. The Morgan fingerprint density at radius 1 is 1.29 bits per heavy atom. The fraction of sp³-hybridized carbons (Fsp3) is 0.625. The maximum atomic E-state index is 12.2. The minimum atomic E-state index is -0.116. The van der Waals surface area contributed by atoms with Gasteiger partial charge in [-0.1, -0.05) is 12.5 Å². The molecule has 2 saturated heterocycles. The van der Waals surface area contributed by atoms with Crippen molar-refractivity contribution in [2.75, 3.05) is 25.4 Å². The van der Waals surface area contributed by atoms with Crippen LogP contribution < -0.4 is 11.1 Å². The number of carbonyl (C=O) groups excluding carboxylic acids is 1. The molecule has 5 heteroatoms. The number of nitrogens with one attached hydrogen (secondary N) is 1. The van der Waals surface area contributed by atoms with E-state index in [1.165, 1.54) is 45.2 Å². The molecule has 0 radical (unpaired) electrons. The van der Waals surface area contributed by atoms with Crippen LogP contribution in [0.5, 0.6) is 0 Å². The van der Waals surface area contributed by atoms with Crippen LogP contribution in [0.2, 0.25) is 0 Å². The van der Waals surface area contributed by atoms with Gasteiger partial charge in [0.15, 0.2) is 0 Å². The normalized spacial score (nSPS) is 26.1. The number of amides is 1. The molecule has 0 bridgehead atoms. The summed E-state index contributed by atoms with van der Waals surface area (Å²) in [5, 5.41) is 3.05. The number of nitrogens with zero attached hydrogens (tertiary/aromatic N) is 2. The minimum absolute atomic E-state index is 0.116. The Kier molecular flexibility index (Phi) is 4.39. The van der Waals surface area contributed by atoms with Gasteiger partial charge in [0.05, 0.1) is 0 Å². The zero-order chi connectivity index (χ0) is 14.7. The van der Waals surface area contributed by atoms with Crippen LogP contribution in [0.3, 0.4) is 0 Å². The van der Waals surface area contributed by atoms with Crippen LogP contribution in [0.15, 0.2) is 18.2 Å². The molecule has 3 rings (SSSR count). The second kappa shape index (κ2) is 6.43. The molecule has 2 aliphatic rings. The van der Waals surface area contributed by atoms with E-state index in [9.17, 15) is 4.79 Å². The zero-order valence-corrected chi connectivity index (χ0v) is 12.4. The Bertz CT molecular complexity index is 503. The number of fused-ring (bicyclic) bond motifs is 1. The number of piperidine rings is 2. The third kappa shape index (κ3) is 3.35. The van der Waals surface area contributed by atoms with Crippen molar-refractivity contribution in [1.29, 1.82) is 0 Å². The van der Waals surface area contributed by atoms with Crippen LogP contribution in [0, 0.1) is 5.92 Å². The second-order valence-corrected chi connectivity index (χ2v) is 6.16. The largest absolute Gasteiger partial charge is 0.384 e. The molecule has 5 nitrogen and oxygen atoms in total. The molecule has 3 heterocycles. The molecule has 2 aliphatic heterocycles. The van der Waals surface area contributed by atoms with Crippen molar-refractivity contribution < 1.29 is 4.79 Å². The van der Waals surface area contributed by atoms with E-state index in [1.807, 2.05) is 0 Å². The summed E-state index contributed by atoms with van der Waals surface area (Å²) >= 11 is 0. The molecule has 0 aliphatic carbocycles. The van der Waals surface area contributed by atoms with E-state index in [0.29, 0.717) is 23.5 Å². The van der Waals surface area contributed by atoms with Gasteiger partial charge < -0.3 is 16.0 Å². The SMILES string of the molecule is Nc1cccc(C(=O)NC[C@@H]2CCCN3CCCC[C@H]23)n1.